The maximum absolute atomic E-state index is 12.9. The van der Waals surface area contributed by atoms with Crippen LogP contribution in [0, 0.1) is 5.92 Å². The Bertz CT molecular complexity index is 931. The number of carbonyl (C=O) groups excluding carboxylic acids is 1. The molecule has 0 unspecified atom stereocenters. The Kier molecular flexibility index (Phi) is 7.03. The van der Waals surface area contributed by atoms with Crippen molar-refractivity contribution in [2.45, 2.75) is 42.4 Å². The van der Waals surface area contributed by atoms with Gasteiger partial charge in [0.25, 0.3) is 0 Å². The molecule has 5 nitrogen and oxygen atoms in total. The second-order valence-corrected chi connectivity index (χ2v) is 10.4. The second kappa shape index (κ2) is 9.32. The molecule has 0 aromatic heterocycles. The van der Waals surface area contributed by atoms with E-state index in [2.05, 4.69) is 19.2 Å². The van der Waals surface area contributed by atoms with Crippen molar-refractivity contribution >= 4 is 33.4 Å². The van der Waals surface area contributed by atoms with E-state index in [0.29, 0.717) is 36.7 Å². The highest BCUT2D eigenvalue weighted by molar-refractivity contribution is 7.98. The number of thioether (sulfide) groups is 1. The number of anilines is 1. The lowest BCUT2D eigenvalue weighted by atomic mass is 9.97. The SMILES string of the molecule is CSc1ccc(S(=O)(=O)N2CCC(C(=O)Nc3ccc(C(C)C)cc3)CC2)cc1. The van der Waals surface area contributed by atoms with Crippen LogP contribution in [0.2, 0.25) is 0 Å². The summed E-state index contributed by atoms with van der Waals surface area (Å²) in [7, 11) is -3.52. The molecule has 1 heterocycles. The first-order valence-electron chi connectivity index (χ1n) is 9.86. The largest absolute Gasteiger partial charge is 0.326 e. The molecular weight excluding hydrogens is 404 g/mol. The third kappa shape index (κ3) is 5.21. The van der Waals surface area contributed by atoms with Crippen LogP contribution in [0.3, 0.4) is 0 Å². The molecule has 29 heavy (non-hydrogen) atoms. The summed E-state index contributed by atoms with van der Waals surface area (Å²) in [5, 5.41) is 2.97. The smallest absolute Gasteiger partial charge is 0.243 e. The van der Waals surface area contributed by atoms with Crippen molar-refractivity contribution in [1.29, 1.82) is 0 Å². The maximum atomic E-state index is 12.9. The van der Waals surface area contributed by atoms with Gasteiger partial charge in [-0.2, -0.15) is 4.31 Å². The van der Waals surface area contributed by atoms with Crippen LogP contribution >= 0.6 is 11.8 Å². The zero-order chi connectivity index (χ0) is 21.0. The number of carbonyl (C=O) groups is 1. The van der Waals surface area contributed by atoms with Crippen LogP contribution in [-0.2, 0) is 14.8 Å². The predicted molar refractivity (Wildman–Crippen MR) is 119 cm³/mol. The van der Waals surface area contributed by atoms with E-state index in [1.165, 1.54) is 9.87 Å². The molecule has 2 aromatic rings. The van der Waals surface area contributed by atoms with E-state index in [0.717, 1.165) is 10.6 Å². The number of benzene rings is 2. The molecule has 156 valence electrons. The molecule has 7 heteroatoms. The molecule has 0 saturated carbocycles. The van der Waals surface area contributed by atoms with Gasteiger partial charge in [-0.15, -0.1) is 11.8 Å². The molecule has 1 aliphatic heterocycles. The number of hydrogen-bond donors (Lipinski definition) is 1. The van der Waals surface area contributed by atoms with Crippen molar-refractivity contribution in [2.75, 3.05) is 24.7 Å². The first-order chi connectivity index (χ1) is 13.8. The summed E-state index contributed by atoms with van der Waals surface area (Å²) in [5.41, 5.74) is 2.01. The molecule has 0 bridgehead atoms. The highest BCUT2D eigenvalue weighted by atomic mass is 32.2. The summed E-state index contributed by atoms with van der Waals surface area (Å²) >= 11 is 1.58. The molecule has 0 atom stereocenters. The van der Waals surface area contributed by atoms with Gasteiger partial charge >= 0.3 is 0 Å². The van der Waals surface area contributed by atoms with Crippen molar-refractivity contribution in [3.8, 4) is 0 Å². The lowest BCUT2D eigenvalue weighted by molar-refractivity contribution is -0.120. The summed E-state index contributed by atoms with van der Waals surface area (Å²) in [6.07, 6.45) is 3.01. The average Bonchev–Trinajstić information content (AvgIpc) is 2.74. The van der Waals surface area contributed by atoms with E-state index < -0.39 is 10.0 Å². The van der Waals surface area contributed by atoms with E-state index in [-0.39, 0.29) is 11.8 Å². The number of nitrogens with zero attached hydrogens (tertiary/aromatic N) is 1. The topological polar surface area (TPSA) is 66.5 Å². The summed E-state index contributed by atoms with van der Waals surface area (Å²) in [5.74, 6) is 0.233. The van der Waals surface area contributed by atoms with Gasteiger partial charge in [-0.1, -0.05) is 26.0 Å². The third-order valence-corrected chi connectivity index (χ3v) is 8.02. The van der Waals surface area contributed by atoms with E-state index >= 15 is 0 Å². The van der Waals surface area contributed by atoms with Crippen LogP contribution < -0.4 is 5.32 Å². The van der Waals surface area contributed by atoms with Crippen LogP contribution in [0.5, 0.6) is 0 Å². The summed E-state index contributed by atoms with van der Waals surface area (Å²) < 4.78 is 27.2. The van der Waals surface area contributed by atoms with Crippen molar-refractivity contribution in [2.24, 2.45) is 5.92 Å². The minimum atomic E-state index is -3.52. The molecule has 0 aliphatic carbocycles. The number of piperidine rings is 1. The third-order valence-electron chi connectivity index (χ3n) is 5.37. The quantitative estimate of drug-likeness (QED) is 0.679. The standard InChI is InChI=1S/C22H28N2O3S2/c1-16(2)17-4-6-19(7-5-17)23-22(25)18-12-14-24(15-13-18)29(26,27)21-10-8-20(28-3)9-11-21/h4-11,16,18H,12-15H2,1-3H3,(H,23,25). The molecule has 0 spiro atoms. The summed E-state index contributed by atoms with van der Waals surface area (Å²) in [4.78, 5) is 13.9. The van der Waals surface area contributed by atoms with E-state index in [4.69, 9.17) is 0 Å². The van der Waals surface area contributed by atoms with Gasteiger partial charge in [0.15, 0.2) is 0 Å². The Morgan fingerprint density at radius 1 is 1.03 bits per heavy atom. The average molecular weight is 433 g/mol. The van der Waals surface area contributed by atoms with Crippen LogP contribution in [0.1, 0.15) is 38.2 Å². The highest BCUT2D eigenvalue weighted by Crippen LogP contribution is 2.26. The molecule has 0 radical (unpaired) electrons. The van der Waals surface area contributed by atoms with Gasteiger partial charge < -0.3 is 5.32 Å². The fraction of sp³-hybridized carbons (Fsp3) is 0.409. The minimum Gasteiger partial charge on any atom is -0.326 e. The van der Waals surface area contributed by atoms with Crippen molar-refractivity contribution in [1.82, 2.24) is 4.31 Å². The minimum absolute atomic E-state index is 0.0383. The van der Waals surface area contributed by atoms with Crippen molar-refractivity contribution < 1.29 is 13.2 Å². The normalized spacial score (nSPS) is 16.1. The van der Waals surface area contributed by atoms with Gasteiger partial charge in [0, 0.05) is 29.6 Å². The molecule has 1 N–H and O–H groups in total. The fourth-order valence-electron chi connectivity index (χ4n) is 3.45. The number of rotatable bonds is 6. The lowest BCUT2D eigenvalue weighted by Crippen LogP contribution is -2.41. The molecule has 1 saturated heterocycles. The molecule has 1 aliphatic rings. The van der Waals surface area contributed by atoms with Gasteiger partial charge in [-0.3, -0.25) is 4.79 Å². The van der Waals surface area contributed by atoms with E-state index in [1.54, 1.807) is 23.9 Å². The fourth-order valence-corrected chi connectivity index (χ4v) is 5.33. The monoisotopic (exact) mass is 432 g/mol. The van der Waals surface area contributed by atoms with Gasteiger partial charge in [-0.05, 0) is 67.0 Å². The Hall–Kier alpha value is -1.83. The lowest BCUT2D eigenvalue weighted by Gasteiger charge is -2.30. The van der Waals surface area contributed by atoms with Gasteiger partial charge in [-0.25, -0.2) is 8.42 Å². The maximum Gasteiger partial charge on any atom is 0.243 e. The summed E-state index contributed by atoms with van der Waals surface area (Å²) in [6, 6.07) is 14.8. The number of amides is 1. The number of hydrogen-bond acceptors (Lipinski definition) is 4. The highest BCUT2D eigenvalue weighted by Gasteiger charge is 2.32. The van der Waals surface area contributed by atoms with Gasteiger partial charge in [0.05, 0.1) is 4.90 Å². The van der Waals surface area contributed by atoms with Gasteiger partial charge in [0.2, 0.25) is 15.9 Å². The number of sulfonamides is 1. The van der Waals surface area contributed by atoms with Crippen LogP contribution in [0.4, 0.5) is 5.69 Å². The zero-order valence-electron chi connectivity index (χ0n) is 17.1. The van der Waals surface area contributed by atoms with Crippen molar-refractivity contribution in [3.05, 3.63) is 54.1 Å². The number of nitrogens with one attached hydrogen (secondary N) is 1. The van der Waals surface area contributed by atoms with Crippen LogP contribution in [0.15, 0.2) is 58.3 Å². The first kappa shape index (κ1) is 21.9. The Morgan fingerprint density at radius 3 is 2.14 bits per heavy atom. The van der Waals surface area contributed by atoms with E-state index in [9.17, 15) is 13.2 Å². The predicted octanol–water partition coefficient (Wildman–Crippen LogP) is 4.57. The van der Waals surface area contributed by atoms with Crippen LogP contribution in [0.25, 0.3) is 0 Å². The Labute approximate surface area is 177 Å². The Balaban J connectivity index is 1.58. The summed E-state index contributed by atoms with van der Waals surface area (Å²) in [6.45, 7) is 4.98. The first-order valence-corrected chi connectivity index (χ1v) is 12.5. The second-order valence-electron chi connectivity index (χ2n) is 7.62. The molecule has 2 aromatic carbocycles. The molecular formula is C22H28N2O3S2. The molecule has 1 amide bonds. The molecule has 1 fully saturated rings. The zero-order valence-corrected chi connectivity index (χ0v) is 18.7. The van der Waals surface area contributed by atoms with E-state index in [1.807, 2.05) is 42.7 Å². The van der Waals surface area contributed by atoms with Crippen LogP contribution in [-0.4, -0.2) is 38.0 Å². The Morgan fingerprint density at radius 2 is 1.62 bits per heavy atom. The van der Waals surface area contributed by atoms with Gasteiger partial charge in [0.1, 0.15) is 0 Å². The molecule has 3 rings (SSSR count). The van der Waals surface area contributed by atoms with Crippen molar-refractivity contribution in [3.63, 3.8) is 0 Å².